The molecule has 1 atom stereocenters. The molecule has 1 unspecified atom stereocenters. The Morgan fingerprint density at radius 2 is 1.67 bits per heavy atom. The van der Waals surface area contributed by atoms with E-state index in [9.17, 15) is 22.4 Å². The van der Waals surface area contributed by atoms with Gasteiger partial charge in [-0.25, -0.2) is 12.8 Å². The molecule has 1 aliphatic heterocycles. The minimum absolute atomic E-state index is 0.0971. The van der Waals surface area contributed by atoms with Gasteiger partial charge in [-0.05, 0) is 53.9 Å². The molecule has 2 amide bonds. The Bertz CT molecular complexity index is 1310. The lowest BCUT2D eigenvalue weighted by molar-refractivity contribution is -0.128. The smallest absolute Gasteiger partial charge is 0.243 e. The summed E-state index contributed by atoms with van der Waals surface area (Å²) in [5, 5.41) is 2.78. The van der Waals surface area contributed by atoms with Crippen molar-refractivity contribution in [1.82, 2.24) is 9.21 Å². The van der Waals surface area contributed by atoms with Gasteiger partial charge in [-0.15, -0.1) is 0 Å². The maximum Gasteiger partial charge on any atom is 0.243 e. The number of carbonyl (C=O) groups excluding carboxylic acids is 2. The zero-order chi connectivity index (χ0) is 25.7. The molecular formula is C27H28FN3O4S. The van der Waals surface area contributed by atoms with Crippen molar-refractivity contribution in [2.75, 3.05) is 25.5 Å². The molecule has 7 nitrogen and oxygen atoms in total. The third-order valence-electron chi connectivity index (χ3n) is 6.25. The van der Waals surface area contributed by atoms with Crippen molar-refractivity contribution >= 4 is 27.5 Å². The number of nitrogens with one attached hydrogen (secondary N) is 1. The molecule has 9 heteroatoms. The summed E-state index contributed by atoms with van der Waals surface area (Å²) < 4.78 is 40.2. The van der Waals surface area contributed by atoms with Gasteiger partial charge in [0.1, 0.15) is 5.82 Å². The third-order valence-corrected chi connectivity index (χ3v) is 8.06. The van der Waals surface area contributed by atoms with Crippen molar-refractivity contribution in [2.24, 2.45) is 5.92 Å². The van der Waals surface area contributed by atoms with E-state index in [0.717, 1.165) is 11.1 Å². The molecule has 188 valence electrons. The van der Waals surface area contributed by atoms with E-state index in [2.05, 4.69) is 5.32 Å². The van der Waals surface area contributed by atoms with Crippen LogP contribution in [0.3, 0.4) is 0 Å². The van der Waals surface area contributed by atoms with Crippen LogP contribution < -0.4 is 5.32 Å². The second kappa shape index (κ2) is 11.0. The van der Waals surface area contributed by atoms with E-state index >= 15 is 0 Å². The van der Waals surface area contributed by atoms with Gasteiger partial charge in [0.15, 0.2) is 0 Å². The van der Waals surface area contributed by atoms with Gasteiger partial charge >= 0.3 is 0 Å². The summed E-state index contributed by atoms with van der Waals surface area (Å²) in [4.78, 5) is 26.9. The highest BCUT2D eigenvalue weighted by Gasteiger charge is 2.34. The molecule has 36 heavy (non-hydrogen) atoms. The van der Waals surface area contributed by atoms with Crippen LogP contribution in [0.1, 0.15) is 17.5 Å². The Hall–Kier alpha value is -3.56. The largest absolute Gasteiger partial charge is 0.342 e. The molecule has 3 aromatic rings. The van der Waals surface area contributed by atoms with Crippen molar-refractivity contribution in [3.63, 3.8) is 0 Å². The van der Waals surface area contributed by atoms with E-state index in [-0.39, 0.29) is 35.5 Å². The Balaban J connectivity index is 1.32. The number of carbonyl (C=O) groups is 2. The summed E-state index contributed by atoms with van der Waals surface area (Å²) in [5.41, 5.74) is 2.26. The van der Waals surface area contributed by atoms with Gasteiger partial charge in [-0.1, -0.05) is 42.5 Å². The Morgan fingerprint density at radius 1 is 1.00 bits per heavy atom. The normalized spacial score (nSPS) is 15.9. The summed E-state index contributed by atoms with van der Waals surface area (Å²) in [6.45, 7) is 1.01. The predicted octanol–water partition coefficient (Wildman–Crippen LogP) is 3.68. The van der Waals surface area contributed by atoms with Crippen LogP contribution in [0.25, 0.3) is 0 Å². The standard InChI is InChI=1S/C27H28FN3O4S/c1-30(18-21-5-3-2-4-6-21)36(34,35)25-13-11-24(12-14-25)29-27(33)22-17-26(32)31(19-22)16-15-20-7-9-23(28)10-8-20/h2-14,22H,15-19H2,1H3,(H,29,33). The first-order chi connectivity index (χ1) is 17.2. The molecule has 1 heterocycles. The van der Waals surface area contributed by atoms with E-state index in [1.807, 2.05) is 30.3 Å². The highest BCUT2D eigenvalue weighted by Crippen LogP contribution is 2.23. The van der Waals surface area contributed by atoms with Crippen LogP contribution in [0.2, 0.25) is 0 Å². The molecule has 1 N–H and O–H groups in total. The first kappa shape index (κ1) is 25.5. The number of anilines is 1. The first-order valence-electron chi connectivity index (χ1n) is 11.7. The van der Waals surface area contributed by atoms with Crippen molar-refractivity contribution < 1.29 is 22.4 Å². The van der Waals surface area contributed by atoms with Crippen molar-refractivity contribution in [3.05, 3.63) is 95.8 Å². The molecule has 0 saturated carbocycles. The van der Waals surface area contributed by atoms with Crippen LogP contribution >= 0.6 is 0 Å². The average Bonchev–Trinajstić information content (AvgIpc) is 3.25. The minimum Gasteiger partial charge on any atom is -0.342 e. The number of benzene rings is 3. The second-order valence-corrected chi connectivity index (χ2v) is 10.9. The third kappa shape index (κ3) is 6.16. The zero-order valence-corrected chi connectivity index (χ0v) is 20.7. The highest BCUT2D eigenvalue weighted by molar-refractivity contribution is 7.89. The fourth-order valence-electron chi connectivity index (χ4n) is 4.14. The van der Waals surface area contributed by atoms with Gasteiger partial charge in [0.05, 0.1) is 10.8 Å². The maximum absolute atomic E-state index is 13.1. The van der Waals surface area contributed by atoms with Crippen LogP contribution in [0.5, 0.6) is 0 Å². The molecule has 0 aliphatic carbocycles. The summed E-state index contributed by atoms with van der Waals surface area (Å²) >= 11 is 0. The number of sulfonamides is 1. The molecule has 0 radical (unpaired) electrons. The number of hydrogen-bond acceptors (Lipinski definition) is 4. The molecule has 0 bridgehead atoms. The highest BCUT2D eigenvalue weighted by atomic mass is 32.2. The number of rotatable bonds is 9. The fraction of sp³-hybridized carbons (Fsp3) is 0.259. The van der Waals surface area contributed by atoms with E-state index in [4.69, 9.17) is 0 Å². The van der Waals surface area contributed by atoms with Gasteiger partial charge in [-0.2, -0.15) is 4.31 Å². The van der Waals surface area contributed by atoms with Gasteiger partial charge in [0, 0.05) is 38.8 Å². The topological polar surface area (TPSA) is 86.8 Å². The molecule has 0 aromatic heterocycles. The van der Waals surface area contributed by atoms with Crippen molar-refractivity contribution in [1.29, 1.82) is 0 Å². The van der Waals surface area contributed by atoms with Crippen LogP contribution in [-0.4, -0.2) is 49.6 Å². The molecule has 3 aromatic carbocycles. The number of nitrogens with zero attached hydrogens (tertiary/aromatic N) is 2. The monoisotopic (exact) mass is 509 g/mol. The molecule has 1 aliphatic rings. The fourth-order valence-corrected chi connectivity index (χ4v) is 5.30. The zero-order valence-electron chi connectivity index (χ0n) is 19.9. The lowest BCUT2D eigenvalue weighted by Crippen LogP contribution is -2.30. The van der Waals surface area contributed by atoms with Gasteiger partial charge in [-0.3, -0.25) is 9.59 Å². The molecule has 1 fully saturated rings. The molecule has 4 rings (SSSR count). The second-order valence-electron chi connectivity index (χ2n) is 8.88. The summed E-state index contributed by atoms with van der Waals surface area (Å²) in [6.07, 6.45) is 0.695. The minimum atomic E-state index is -3.70. The Labute approximate surface area is 210 Å². The number of hydrogen-bond donors (Lipinski definition) is 1. The lowest BCUT2D eigenvalue weighted by atomic mass is 10.1. The summed E-state index contributed by atoms with van der Waals surface area (Å²) in [7, 11) is -2.17. The van der Waals surface area contributed by atoms with Crippen LogP contribution in [0, 0.1) is 11.7 Å². The maximum atomic E-state index is 13.1. The SMILES string of the molecule is CN(Cc1ccccc1)S(=O)(=O)c1ccc(NC(=O)C2CC(=O)N(CCc3ccc(F)cc3)C2)cc1. The van der Waals surface area contributed by atoms with Crippen LogP contribution in [0.15, 0.2) is 83.8 Å². The average molecular weight is 510 g/mol. The summed E-state index contributed by atoms with van der Waals surface area (Å²) in [5.74, 6) is -1.19. The first-order valence-corrected chi connectivity index (χ1v) is 13.1. The molecular weight excluding hydrogens is 481 g/mol. The van der Waals surface area contributed by atoms with Crippen LogP contribution in [-0.2, 0) is 32.6 Å². The van der Waals surface area contributed by atoms with Crippen LogP contribution in [0.4, 0.5) is 10.1 Å². The van der Waals surface area contributed by atoms with Gasteiger partial charge in [0.2, 0.25) is 21.8 Å². The molecule has 1 saturated heterocycles. The van der Waals surface area contributed by atoms with E-state index in [0.29, 0.717) is 25.2 Å². The van der Waals surface area contributed by atoms with E-state index in [1.54, 1.807) is 29.2 Å². The molecule has 0 spiro atoms. The van der Waals surface area contributed by atoms with E-state index < -0.39 is 15.9 Å². The van der Waals surface area contributed by atoms with E-state index in [1.165, 1.54) is 35.6 Å². The number of halogens is 1. The predicted molar refractivity (Wildman–Crippen MR) is 135 cm³/mol. The summed E-state index contributed by atoms with van der Waals surface area (Å²) in [6, 6.07) is 21.5. The lowest BCUT2D eigenvalue weighted by Gasteiger charge is -2.18. The Morgan fingerprint density at radius 3 is 2.33 bits per heavy atom. The number of amides is 2. The number of likely N-dealkylation sites (tertiary alicyclic amines) is 1. The van der Waals surface area contributed by atoms with Gasteiger partial charge < -0.3 is 10.2 Å². The Kier molecular flexibility index (Phi) is 7.81. The van der Waals surface area contributed by atoms with Crippen molar-refractivity contribution in [3.8, 4) is 0 Å². The quantitative estimate of drug-likeness (QED) is 0.477. The van der Waals surface area contributed by atoms with Crippen molar-refractivity contribution in [2.45, 2.75) is 24.3 Å². The van der Waals surface area contributed by atoms with Gasteiger partial charge in [0.25, 0.3) is 0 Å².